The second-order valence-corrected chi connectivity index (χ2v) is 17.8. The Morgan fingerprint density at radius 1 is 0.404 bits per heavy atom. The smallest absolute Gasteiger partial charge is 0.0670 e. The Morgan fingerprint density at radius 2 is 0.766 bits per heavy atom. The fourth-order valence-electron chi connectivity index (χ4n) is 9.75. The van der Waals surface area contributed by atoms with Crippen LogP contribution in [0.4, 0.5) is 0 Å². The quantitative estimate of drug-likeness (QED) is 0.136. The molecule has 266 valence electrons. The lowest BCUT2D eigenvalue weighted by Crippen LogP contribution is -2.28. The summed E-state index contributed by atoms with van der Waals surface area (Å²) in [7, 11) is 0. The summed E-state index contributed by atoms with van der Waals surface area (Å²) in [5.41, 5.74) is 0. The molecule has 4 saturated carbocycles. The molecule has 5 aliphatic rings. The molecule has 0 aromatic heterocycles. The molecule has 1 saturated heterocycles. The van der Waals surface area contributed by atoms with Crippen LogP contribution in [0.15, 0.2) is 0 Å². The van der Waals surface area contributed by atoms with E-state index in [4.69, 9.17) is 9.47 Å². The van der Waals surface area contributed by atoms with E-state index in [1.807, 2.05) is 0 Å². The summed E-state index contributed by atoms with van der Waals surface area (Å²) >= 11 is 2.08. The van der Waals surface area contributed by atoms with E-state index in [0.29, 0.717) is 34.5 Å². The summed E-state index contributed by atoms with van der Waals surface area (Å²) in [4.78, 5) is 0. The fourth-order valence-corrected chi connectivity index (χ4v) is 11.0. The van der Waals surface area contributed by atoms with Gasteiger partial charge >= 0.3 is 0 Å². The molecular formula is C44H72O2S. The van der Waals surface area contributed by atoms with Crippen molar-refractivity contribution in [2.24, 2.45) is 35.5 Å². The van der Waals surface area contributed by atoms with Gasteiger partial charge in [-0.25, -0.2) is 0 Å². The van der Waals surface area contributed by atoms with Crippen molar-refractivity contribution >= 4 is 11.8 Å². The van der Waals surface area contributed by atoms with Gasteiger partial charge in [0, 0.05) is 25.0 Å². The highest BCUT2D eigenvalue weighted by atomic mass is 32.2. The largest absolute Gasteiger partial charge is 0.378 e. The van der Waals surface area contributed by atoms with Crippen molar-refractivity contribution in [3.8, 4) is 23.7 Å². The zero-order valence-electron chi connectivity index (χ0n) is 30.8. The summed E-state index contributed by atoms with van der Waals surface area (Å²) in [5, 5.41) is 1.05. The van der Waals surface area contributed by atoms with Crippen molar-refractivity contribution in [1.29, 1.82) is 0 Å². The van der Waals surface area contributed by atoms with Crippen molar-refractivity contribution in [2.45, 2.75) is 203 Å². The van der Waals surface area contributed by atoms with E-state index in [1.165, 1.54) is 167 Å². The molecule has 4 aliphatic carbocycles. The van der Waals surface area contributed by atoms with Gasteiger partial charge in [0.2, 0.25) is 0 Å². The Kier molecular flexibility index (Phi) is 17.3. The molecule has 0 N–H and O–H groups in total. The Hall–Kier alpha value is -0.610. The minimum atomic E-state index is 0.524. The fraction of sp³-hybridized carbons (Fsp3) is 0.909. The number of hydrogen-bond acceptors (Lipinski definition) is 3. The van der Waals surface area contributed by atoms with E-state index in [-0.39, 0.29) is 0 Å². The van der Waals surface area contributed by atoms with Gasteiger partial charge in [-0.15, -0.1) is 11.8 Å². The normalized spacial score (nSPS) is 36.2. The van der Waals surface area contributed by atoms with Gasteiger partial charge in [-0.1, -0.05) is 76.1 Å². The van der Waals surface area contributed by atoms with Crippen LogP contribution >= 0.6 is 11.8 Å². The highest BCUT2D eigenvalue weighted by Gasteiger charge is 2.32. The number of thioether (sulfide) groups is 1. The molecule has 0 radical (unpaired) electrons. The first-order valence-corrected chi connectivity index (χ1v) is 22.0. The lowest BCUT2D eigenvalue weighted by Gasteiger charge is -2.37. The van der Waals surface area contributed by atoms with Crippen molar-refractivity contribution in [2.75, 3.05) is 13.2 Å². The molecule has 0 aromatic carbocycles. The lowest BCUT2D eigenvalue weighted by molar-refractivity contribution is 0.00596. The van der Waals surface area contributed by atoms with Crippen LogP contribution in [-0.4, -0.2) is 35.9 Å². The minimum Gasteiger partial charge on any atom is -0.378 e. The third-order valence-corrected chi connectivity index (χ3v) is 14.3. The molecule has 2 nitrogen and oxygen atoms in total. The summed E-state index contributed by atoms with van der Waals surface area (Å²) in [6.45, 7) is 6.55. The summed E-state index contributed by atoms with van der Waals surface area (Å²) < 4.78 is 12.5. The average molecular weight is 665 g/mol. The predicted octanol–water partition coefficient (Wildman–Crippen LogP) is 12.2. The molecule has 2 unspecified atom stereocenters. The van der Waals surface area contributed by atoms with E-state index in [2.05, 4.69) is 49.3 Å². The van der Waals surface area contributed by atoms with Crippen LogP contribution in [0.3, 0.4) is 0 Å². The van der Waals surface area contributed by atoms with Gasteiger partial charge in [0.05, 0.1) is 22.7 Å². The first-order chi connectivity index (χ1) is 23.2. The van der Waals surface area contributed by atoms with E-state index in [1.54, 1.807) is 0 Å². The van der Waals surface area contributed by atoms with Gasteiger partial charge in [-0.2, -0.15) is 0 Å². The molecule has 1 aliphatic heterocycles. The number of hydrogen-bond donors (Lipinski definition) is 0. The van der Waals surface area contributed by atoms with Crippen molar-refractivity contribution < 1.29 is 9.47 Å². The maximum Gasteiger partial charge on any atom is 0.0670 e. The molecule has 0 aromatic rings. The minimum absolute atomic E-state index is 0.524. The van der Waals surface area contributed by atoms with Crippen molar-refractivity contribution in [1.82, 2.24) is 0 Å². The molecule has 1 heterocycles. The van der Waals surface area contributed by atoms with E-state index < -0.39 is 0 Å². The maximum absolute atomic E-state index is 6.23. The number of ether oxygens (including phenoxy) is 2. The predicted molar refractivity (Wildman–Crippen MR) is 203 cm³/mol. The highest BCUT2D eigenvalue weighted by Crippen LogP contribution is 2.42. The number of rotatable bonds is 14. The Morgan fingerprint density at radius 3 is 1.13 bits per heavy atom. The van der Waals surface area contributed by atoms with E-state index in [9.17, 15) is 0 Å². The average Bonchev–Trinajstić information content (AvgIpc) is 3.58. The van der Waals surface area contributed by atoms with Crippen LogP contribution in [0.1, 0.15) is 181 Å². The zero-order valence-corrected chi connectivity index (χ0v) is 31.6. The first-order valence-electron chi connectivity index (χ1n) is 21.1. The van der Waals surface area contributed by atoms with Crippen LogP contribution < -0.4 is 0 Å². The second kappa shape index (κ2) is 21.6. The Balaban J connectivity index is 0.907. The Labute approximate surface area is 296 Å². The molecule has 0 bridgehead atoms. The number of unbranched alkanes of at least 4 members (excludes halogenated alkanes) is 6. The molecule has 47 heavy (non-hydrogen) atoms. The third-order valence-electron chi connectivity index (χ3n) is 12.9. The molecule has 3 heteroatoms. The standard InChI is InChI=1S/C44H72O2S/c1-3-5-7-9-33-45-41-25-21-39(22-26-41)37-17-11-35(12-18-37)15-29-43-31-32-44(47-43)30-16-36-13-19-38(20-14-36)40-23-27-42(28-24-40)46-34-10-8-6-4-2/h35-44H,3-14,17-28,31-34H2,1-2H3. The molecule has 2 atom stereocenters. The molecule has 0 amide bonds. The molecule has 0 spiro atoms. The van der Waals surface area contributed by atoms with Gasteiger partial charge in [0.25, 0.3) is 0 Å². The second-order valence-electron chi connectivity index (χ2n) is 16.4. The van der Waals surface area contributed by atoms with Gasteiger partial charge in [0.1, 0.15) is 0 Å². The summed E-state index contributed by atoms with van der Waals surface area (Å²) in [6, 6.07) is 0. The van der Waals surface area contributed by atoms with Crippen LogP contribution in [0, 0.1) is 59.2 Å². The first kappa shape index (κ1) is 37.6. The van der Waals surface area contributed by atoms with Crippen LogP contribution in [0.25, 0.3) is 0 Å². The lowest BCUT2D eigenvalue weighted by atomic mass is 9.70. The van der Waals surface area contributed by atoms with Crippen molar-refractivity contribution in [3.05, 3.63) is 0 Å². The van der Waals surface area contributed by atoms with Gasteiger partial charge in [0.15, 0.2) is 0 Å². The Bertz CT molecular complexity index is 876. The van der Waals surface area contributed by atoms with E-state index in [0.717, 1.165) is 36.9 Å². The van der Waals surface area contributed by atoms with Gasteiger partial charge in [-0.05, 0) is 152 Å². The SMILES string of the molecule is CCCCCCOC1CCC(C2CCC(C#CC3CCC(C#CC4CCC(C5CCC(OCCCCCC)CC5)CC4)S3)CC2)CC1. The van der Waals surface area contributed by atoms with Crippen LogP contribution in [0.5, 0.6) is 0 Å². The van der Waals surface area contributed by atoms with E-state index >= 15 is 0 Å². The van der Waals surface area contributed by atoms with Crippen molar-refractivity contribution in [3.63, 3.8) is 0 Å². The topological polar surface area (TPSA) is 18.5 Å². The van der Waals surface area contributed by atoms with Gasteiger partial charge < -0.3 is 9.47 Å². The summed E-state index contributed by atoms with van der Waals surface area (Å²) in [6.07, 6.45) is 35.9. The third kappa shape index (κ3) is 13.2. The van der Waals surface area contributed by atoms with Crippen LogP contribution in [0.2, 0.25) is 0 Å². The maximum atomic E-state index is 6.23. The zero-order chi connectivity index (χ0) is 32.5. The molecule has 5 rings (SSSR count). The van der Waals surface area contributed by atoms with Gasteiger partial charge in [-0.3, -0.25) is 0 Å². The summed E-state index contributed by atoms with van der Waals surface area (Å²) in [5.74, 6) is 20.1. The monoisotopic (exact) mass is 665 g/mol. The molecular weight excluding hydrogens is 593 g/mol. The highest BCUT2D eigenvalue weighted by molar-refractivity contribution is 8.01. The molecule has 5 fully saturated rings. The van der Waals surface area contributed by atoms with Crippen LogP contribution in [-0.2, 0) is 9.47 Å².